The Morgan fingerprint density at radius 2 is 1.84 bits per heavy atom. The van der Waals surface area contributed by atoms with Crippen molar-refractivity contribution in [3.05, 3.63) is 42.5 Å². The molecule has 0 saturated carbocycles. The van der Waals surface area contributed by atoms with Gasteiger partial charge in [-0.15, -0.1) is 13.2 Å². The standard InChI is InChI=1S/C22H29F3N7O5P/c1-13(9-32-11-29-17-18(26)27-10-28-19(17)32)36-12-38(35,31-21(3,4)20(33)34)30-14(2)15-5-7-16(8-6-15)37-22(23,24)25/h5-8,10-11,13-14H,9,12H2,1-4H3,(H,33,34)(H2,26,27,28)(H2,30,31,35)/t13?,14-,38?/m1/s1. The molecule has 3 atom stereocenters. The summed E-state index contributed by atoms with van der Waals surface area (Å²) in [5, 5.41) is 15.1. The summed E-state index contributed by atoms with van der Waals surface area (Å²) >= 11 is 0. The molecule has 0 bridgehead atoms. The fraction of sp³-hybridized carbons (Fsp3) is 0.455. The smallest absolute Gasteiger partial charge is 0.480 e. The van der Waals surface area contributed by atoms with E-state index < -0.39 is 49.6 Å². The molecule has 0 spiro atoms. The van der Waals surface area contributed by atoms with E-state index in [0.29, 0.717) is 16.7 Å². The number of benzene rings is 1. The van der Waals surface area contributed by atoms with Gasteiger partial charge in [0, 0.05) is 6.04 Å². The van der Waals surface area contributed by atoms with Crippen LogP contribution in [0.2, 0.25) is 0 Å². The Balaban J connectivity index is 1.73. The molecule has 208 valence electrons. The largest absolute Gasteiger partial charge is 0.573 e. The van der Waals surface area contributed by atoms with Crippen molar-refractivity contribution in [3.63, 3.8) is 0 Å². The average molecular weight is 559 g/mol. The van der Waals surface area contributed by atoms with Crippen molar-refractivity contribution < 1.29 is 37.1 Å². The van der Waals surface area contributed by atoms with E-state index in [1.807, 2.05) is 0 Å². The lowest BCUT2D eigenvalue weighted by Gasteiger charge is -2.32. The summed E-state index contributed by atoms with van der Waals surface area (Å²) in [6, 6.07) is 4.36. The summed E-state index contributed by atoms with van der Waals surface area (Å²) < 4.78 is 62.7. The number of halogens is 3. The quantitative estimate of drug-likeness (QED) is 0.239. The molecule has 0 aliphatic carbocycles. The SMILES string of the molecule is CC(Cn1cnc2c(N)ncnc21)OCP(=O)(N[C@H](C)c1ccc(OC(F)(F)F)cc1)NC(C)(C)C(=O)O. The van der Waals surface area contributed by atoms with Crippen LogP contribution in [0.4, 0.5) is 19.0 Å². The fourth-order valence-electron chi connectivity index (χ4n) is 3.54. The number of carbonyl (C=O) groups is 1. The molecule has 2 unspecified atom stereocenters. The summed E-state index contributed by atoms with van der Waals surface area (Å²) in [5.74, 6) is -1.42. The first-order chi connectivity index (χ1) is 17.6. The molecular formula is C22H29F3N7O5P. The van der Waals surface area contributed by atoms with Gasteiger partial charge in [-0.05, 0) is 45.4 Å². The Morgan fingerprint density at radius 1 is 1.18 bits per heavy atom. The topological polar surface area (TPSA) is 167 Å². The van der Waals surface area contributed by atoms with Gasteiger partial charge in [0.25, 0.3) is 0 Å². The molecule has 3 rings (SSSR count). The Bertz CT molecular complexity index is 1320. The van der Waals surface area contributed by atoms with Crippen molar-refractivity contribution in [2.24, 2.45) is 0 Å². The van der Waals surface area contributed by atoms with Gasteiger partial charge in [-0.3, -0.25) is 9.36 Å². The maximum Gasteiger partial charge on any atom is 0.573 e. The third-order valence-electron chi connectivity index (χ3n) is 5.43. The van der Waals surface area contributed by atoms with Gasteiger partial charge in [-0.2, -0.15) is 0 Å². The number of nitrogens with zero attached hydrogens (tertiary/aromatic N) is 4. The van der Waals surface area contributed by atoms with Crippen molar-refractivity contribution in [2.75, 3.05) is 12.1 Å². The minimum absolute atomic E-state index is 0.225. The van der Waals surface area contributed by atoms with Crippen LogP contribution in [-0.4, -0.2) is 54.9 Å². The Hall–Kier alpha value is -3.26. The predicted octanol–water partition coefficient (Wildman–Crippen LogP) is 3.67. The van der Waals surface area contributed by atoms with Crippen LogP contribution in [0.3, 0.4) is 0 Å². The summed E-state index contributed by atoms with van der Waals surface area (Å²) in [4.78, 5) is 24.0. The lowest BCUT2D eigenvalue weighted by Crippen LogP contribution is -2.47. The molecular weight excluding hydrogens is 530 g/mol. The second kappa shape index (κ2) is 11.2. The number of nitrogens with one attached hydrogen (secondary N) is 2. The highest BCUT2D eigenvalue weighted by molar-refractivity contribution is 7.59. The highest BCUT2D eigenvalue weighted by Crippen LogP contribution is 2.42. The first kappa shape index (κ1) is 29.3. The predicted molar refractivity (Wildman–Crippen MR) is 132 cm³/mol. The van der Waals surface area contributed by atoms with E-state index in [0.717, 1.165) is 12.1 Å². The number of rotatable bonds is 12. The lowest BCUT2D eigenvalue weighted by molar-refractivity contribution is -0.274. The normalized spacial score (nSPS) is 15.7. The molecule has 0 aliphatic rings. The molecule has 0 radical (unpaired) electrons. The number of alkyl halides is 3. The van der Waals surface area contributed by atoms with E-state index in [4.69, 9.17) is 10.5 Å². The van der Waals surface area contributed by atoms with Crippen molar-refractivity contribution >= 4 is 30.4 Å². The van der Waals surface area contributed by atoms with Crippen LogP contribution in [0.5, 0.6) is 5.75 Å². The van der Waals surface area contributed by atoms with E-state index in [-0.39, 0.29) is 12.4 Å². The molecule has 0 fully saturated rings. The molecule has 0 amide bonds. The van der Waals surface area contributed by atoms with Gasteiger partial charge in [0.1, 0.15) is 29.5 Å². The third kappa shape index (κ3) is 7.63. The first-order valence-electron chi connectivity index (χ1n) is 11.4. The summed E-state index contributed by atoms with van der Waals surface area (Å²) in [5.41, 5.74) is 5.63. The highest BCUT2D eigenvalue weighted by Gasteiger charge is 2.37. The second-order valence-corrected chi connectivity index (χ2v) is 11.4. The van der Waals surface area contributed by atoms with Crippen LogP contribution < -0.4 is 20.6 Å². The van der Waals surface area contributed by atoms with Crippen molar-refractivity contribution in [2.45, 2.75) is 58.3 Å². The molecule has 5 N–H and O–H groups in total. The van der Waals surface area contributed by atoms with Gasteiger partial charge < -0.3 is 24.9 Å². The van der Waals surface area contributed by atoms with Crippen LogP contribution in [0.1, 0.15) is 39.3 Å². The maximum atomic E-state index is 13.9. The molecule has 38 heavy (non-hydrogen) atoms. The van der Waals surface area contributed by atoms with Crippen molar-refractivity contribution in [1.29, 1.82) is 0 Å². The monoisotopic (exact) mass is 559 g/mol. The van der Waals surface area contributed by atoms with Gasteiger partial charge in [-0.25, -0.2) is 25.1 Å². The minimum atomic E-state index is -4.83. The number of anilines is 1. The van der Waals surface area contributed by atoms with Gasteiger partial charge in [0.2, 0.25) is 7.44 Å². The Labute approximate surface area is 216 Å². The molecule has 1 aromatic carbocycles. The number of fused-ring (bicyclic) bond motifs is 1. The van der Waals surface area contributed by atoms with E-state index in [1.165, 1.54) is 38.6 Å². The summed E-state index contributed by atoms with van der Waals surface area (Å²) in [6.07, 6.45) is -2.91. The number of hydrogen-bond donors (Lipinski definition) is 4. The van der Waals surface area contributed by atoms with E-state index in [1.54, 1.807) is 18.4 Å². The highest BCUT2D eigenvalue weighted by atomic mass is 31.2. The fourth-order valence-corrected chi connectivity index (χ4v) is 5.98. The molecule has 2 heterocycles. The number of aliphatic carboxylic acids is 1. The average Bonchev–Trinajstić information content (AvgIpc) is 3.20. The number of carboxylic acid groups (broad SMARTS) is 1. The summed E-state index contributed by atoms with van der Waals surface area (Å²) in [6.45, 7) is 6.33. The number of ether oxygens (including phenoxy) is 2. The molecule has 12 nitrogen and oxygen atoms in total. The lowest BCUT2D eigenvalue weighted by atomic mass is 10.1. The number of nitrogens with two attached hydrogens (primary N) is 1. The molecule has 2 aromatic heterocycles. The van der Waals surface area contributed by atoms with Crippen LogP contribution in [0.25, 0.3) is 11.2 Å². The maximum absolute atomic E-state index is 13.9. The molecule has 16 heteroatoms. The van der Waals surface area contributed by atoms with Gasteiger partial charge in [-0.1, -0.05) is 12.1 Å². The van der Waals surface area contributed by atoms with Gasteiger partial charge in [0.05, 0.1) is 19.0 Å². The van der Waals surface area contributed by atoms with Crippen LogP contribution in [0, 0.1) is 0 Å². The van der Waals surface area contributed by atoms with E-state index >= 15 is 0 Å². The van der Waals surface area contributed by atoms with Gasteiger partial charge >= 0.3 is 12.3 Å². The summed E-state index contributed by atoms with van der Waals surface area (Å²) in [7, 11) is -3.75. The van der Waals surface area contributed by atoms with Crippen molar-refractivity contribution in [1.82, 2.24) is 29.7 Å². The zero-order chi connectivity index (χ0) is 28.3. The van der Waals surface area contributed by atoms with E-state index in [2.05, 4.69) is 29.9 Å². The zero-order valence-electron chi connectivity index (χ0n) is 21.1. The Kier molecular flexibility index (Phi) is 8.66. The van der Waals surface area contributed by atoms with Crippen LogP contribution in [0.15, 0.2) is 36.9 Å². The van der Waals surface area contributed by atoms with Crippen LogP contribution in [-0.2, 0) is 20.6 Å². The third-order valence-corrected chi connectivity index (χ3v) is 7.67. The number of hydrogen-bond acceptors (Lipinski definition) is 8. The molecule has 0 saturated heterocycles. The van der Waals surface area contributed by atoms with Crippen LogP contribution >= 0.6 is 7.44 Å². The number of carboxylic acids is 1. The number of aromatic nitrogens is 4. The number of nitrogen functional groups attached to an aromatic ring is 1. The molecule has 0 aliphatic heterocycles. The van der Waals surface area contributed by atoms with Gasteiger partial charge in [0.15, 0.2) is 11.5 Å². The van der Waals surface area contributed by atoms with Crippen molar-refractivity contribution in [3.8, 4) is 5.75 Å². The first-order valence-corrected chi connectivity index (χ1v) is 13.3. The zero-order valence-corrected chi connectivity index (χ0v) is 22.0. The molecule has 3 aromatic rings. The Morgan fingerprint density at radius 3 is 2.45 bits per heavy atom. The van der Waals surface area contributed by atoms with E-state index in [9.17, 15) is 27.6 Å². The minimum Gasteiger partial charge on any atom is -0.480 e. The number of imidazole rings is 1. The second-order valence-electron chi connectivity index (χ2n) is 9.18.